The number of carboxylic acid groups (broad SMARTS) is 1. The first-order valence-electron chi connectivity index (χ1n) is 6.07. The molecule has 0 amide bonds. The molecule has 0 spiro atoms. The maximum Gasteiger partial charge on any atom is 0.307 e. The van der Waals surface area contributed by atoms with Gasteiger partial charge in [-0.1, -0.05) is 18.2 Å². The van der Waals surface area contributed by atoms with Crippen LogP contribution in [-0.4, -0.2) is 20.5 Å². The van der Waals surface area contributed by atoms with Crippen molar-refractivity contribution < 1.29 is 14.3 Å². The van der Waals surface area contributed by atoms with Crippen LogP contribution in [0.4, 0.5) is 4.39 Å². The number of benzene rings is 1. The zero-order valence-electron chi connectivity index (χ0n) is 10.5. The Balaban J connectivity index is 2.11. The Hall–Kier alpha value is -2.69. The zero-order valence-corrected chi connectivity index (χ0v) is 10.5. The van der Waals surface area contributed by atoms with Crippen molar-refractivity contribution in [3.63, 3.8) is 0 Å². The van der Waals surface area contributed by atoms with E-state index in [0.29, 0.717) is 11.2 Å². The molecule has 2 aromatic heterocycles. The number of aliphatic carboxylic acids is 1. The Bertz CT molecular complexity index is 795. The van der Waals surface area contributed by atoms with Crippen molar-refractivity contribution in [1.82, 2.24) is 9.38 Å². The molecule has 4 nitrogen and oxygen atoms in total. The first kappa shape index (κ1) is 12.3. The molecule has 0 bridgehead atoms. The number of carboxylic acids is 1. The Morgan fingerprint density at radius 1 is 1.30 bits per heavy atom. The minimum absolute atomic E-state index is 0.0427. The number of hydrogen-bond donors (Lipinski definition) is 1. The molecule has 20 heavy (non-hydrogen) atoms. The second-order valence-electron chi connectivity index (χ2n) is 4.49. The van der Waals surface area contributed by atoms with Crippen molar-refractivity contribution >= 4 is 11.6 Å². The molecule has 100 valence electrons. The average Bonchev–Trinajstić information content (AvgIpc) is 2.81. The third-order valence-electron chi connectivity index (χ3n) is 3.05. The molecule has 0 atom stereocenters. The number of hydrogen-bond acceptors (Lipinski definition) is 2. The zero-order chi connectivity index (χ0) is 14.1. The van der Waals surface area contributed by atoms with E-state index < -0.39 is 5.97 Å². The van der Waals surface area contributed by atoms with E-state index in [0.717, 1.165) is 11.3 Å². The molecule has 0 unspecified atom stereocenters. The number of carbonyl (C=O) groups is 1. The fraction of sp³-hybridized carbons (Fsp3) is 0.0667. The summed E-state index contributed by atoms with van der Waals surface area (Å²) in [6.07, 6.45) is 2.97. The first-order valence-corrected chi connectivity index (χ1v) is 6.07. The molecule has 2 heterocycles. The maximum atomic E-state index is 13.3. The lowest BCUT2D eigenvalue weighted by atomic mass is 10.1. The van der Waals surface area contributed by atoms with Crippen LogP contribution in [0.5, 0.6) is 0 Å². The van der Waals surface area contributed by atoms with E-state index >= 15 is 0 Å². The summed E-state index contributed by atoms with van der Waals surface area (Å²) in [5.41, 5.74) is 2.87. The number of imidazole rings is 1. The van der Waals surface area contributed by atoms with E-state index in [1.807, 2.05) is 6.07 Å². The lowest BCUT2D eigenvalue weighted by Gasteiger charge is -2.04. The highest BCUT2D eigenvalue weighted by Crippen LogP contribution is 2.22. The van der Waals surface area contributed by atoms with Gasteiger partial charge in [-0.2, -0.15) is 0 Å². The Morgan fingerprint density at radius 3 is 2.95 bits per heavy atom. The van der Waals surface area contributed by atoms with E-state index in [1.165, 1.54) is 12.3 Å². The molecule has 3 rings (SSSR count). The van der Waals surface area contributed by atoms with Gasteiger partial charge in [-0.15, -0.1) is 0 Å². The van der Waals surface area contributed by atoms with Crippen molar-refractivity contribution in [2.24, 2.45) is 0 Å². The highest BCUT2D eigenvalue weighted by Gasteiger charge is 2.08. The predicted molar refractivity (Wildman–Crippen MR) is 71.9 cm³/mol. The van der Waals surface area contributed by atoms with E-state index in [4.69, 9.17) is 5.11 Å². The monoisotopic (exact) mass is 270 g/mol. The van der Waals surface area contributed by atoms with Crippen molar-refractivity contribution in [2.75, 3.05) is 0 Å². The van der Waals surface area contributed by atoms with Gasteiger partial charge in [0.25, 0.3) is 0 Å². The second kappa shape index (κ2) is 4.77. The van der Waals surface area contributed by atoms with Gasteiger partial charge in [0, 0.05) is 11.8 Å². The SMILES string of the molecule is O=C(O)Cc1cccc(-c2cnc3ccc(F)cn23)c1. The van der Waals surface area contributed by atoms with E-state index in [-0.39, 0.29) is 12.2 Å². The van der Waals surface area contributed by atoms with Gasteiger partial charge in [0.1, 0.15) is 11.5 Å². The predicted octanol–water partition coefficient (Wildman–Crippen LogP) is 2.77. The number of aromatic nitrogens is 2. The maximum absolute atomic E-state index is 13.3. The highest BCUT2D eigenvalue weighted by molar-refractivity contribution is 5.72. The molecule has 0 saturated carbocycles. The van der Waals surface area contributed by atoms with Crippen molar-refractivity contribution in [1.29, 1.82) is 0 Å². The van der Waals surface area contributed by atoms with E-state index in [2.05, 4.69) is 4.98 Å². The molecule has 1 aromatic carbocycles. The van der Waals surface area contributed by atoms with Crippen LogP contribution in [0.25, 0.3) is 16.9 Å². The molecule has 0 saturated heterocycles. The smallest absolute Gasteiger partial charge is 0.307 e. The molecule has 0 aliphatic carbocycles. The van der Waals surface area contributed by atoms with Crippen molar-refractivity contribution in [2.45, 2.75) is 6.42 Å². The van der Waals surface area contributed by atoms with Crippen LogP contribution in [0.2, 0.25) is 0 Å². The van der Waals surface area contributed by atoms with Crippen LogP contribution in [0, 0.1) is 5.82 Å². The number of pyridine rings is 1. The van der Waals surface area contributed by atoms with Crippen LogP contribution in [0.1, 0.15) is 5.56 Å². The fourth-order valence-electron chi connectivity index (χ4n) is 2.18. The normalized spacial score (nSPS) is 10.8. The van der Waals surface area contributed by atoms with Crippen LogP contribution in [-0.2, 0) is 11.2 Å². The summed E-state index contributed by atoms with van der Waals surface area (Å²) in [4.78, 5) is 15.0. The van der Waals surface area contributed by atoms with Gasteiger partial charge in [-0.05, 0) is 23.8 Å². The quantitative estimate of drug-likeness (QED) is 0.796. The fourth-order valence-corrected chi connectivity index (χ4v) is 2.18. The molecule has 5 heteroatoms. The van der Waals surface area contributed by atoms with Crippen LogP contribution in [0.3, 0.4) is 0 Å². The number of halogens is 1. The molecular formula is C15H11FN2O2. The summed E-state index contributed by atoms with van der Waals surface area (Å²) in [7, 11) is 0. The van der Waals surface area contributed by atoms with Gasteiger partial charge in [0.15, 0.2) is 0 Å². The van der Waals surface area contributed by atoms with Gasteiger partial charge >= 0.3 is 5.97 Å². The average molecular weight is 270 g/mol. The summed E-state index contributed by atoms with van der Waals surface area (Å²) < 4.78 is 15.0. The summed E-state index contributed by atoms with van der Waals surface area (Å²) in [6, 6.07) is 10.1. The summed E-state index contributed by atoms with van der Waals surface area (Å²) >= 11 is 0. The summed E-state index contributed by atoms with van der Waals surface area (Å²) in [5.74, 6) is -1.23. The Morgan fingerprint density at radius 2 is 2.15 bits per heavy atom. The number of rotatable bonds is 3. The molecule has 3 aromatic rings. The largest absolute Gasteiger partial charge is 0.481 e. The number of fused-ring (bicyclic) bond motifs is 1. The first-order chi connectivity index (χ1) is 9.63. The standard InChI is InChI=1S/C15H11FN2O2/c16-12-4-5-14-17-8-13(18(14)9-12)11-3-1-2-10(6-11)7-15(19)20/h1-6,8-9H,7H2,(H,19,20). The molecular weight excluding hydrogens is 259 g/mol. The Kier molecular flexibility index (Phi) is 2.95. The van der Waals surface area contributed by atoms with Crippen molar-refractivity contribution in [3.05, 3.63) is 60.2 Å². The highest BCUT2D eigenvalue weighted by atomic mass is 19.1. The van der Waals surface area contributed by atoms with Crippen LogP contribution < -0.4 is 0 Å². The number of nitrogens with zero attached hydrogens (tertiary/aromatic N) is 2. The van der Waals surface area contributed by atoms with Gasteiger partial charge in [-0.25, -0.2) is 9.37 Å². The molecule has 0 radical (unpaired) electrons. The van der Waals surface area contributed by atoms with Gasteiger partial charge < -0.3 is 5.11 Å². The van der Waals surface area contributed by atoms with Gasteiger partial charge in [0.2, 0.25) is 0 Å². The van der Waals surface area contributed by atoms with Crippen molar-refractivity contribution in [3.8, 4) is 11.3 Å². The molecule has 0 fully saturated rings. The summed E-state index contributed by atoms with van der Waals surface area (Å²) in [5, 5.41) is 8.83. The van der Waals surface area contributed by atoms with Gasteiger partial charge in [0.05, 0.1) is 18.3 Å². The van der Waals surface area contributed by atoms with Crippen LogP contribution >= 0.6 is 0 Å². The van der Waals surface area contributed by atoms with E-state index in [9.17, 15) is 9.18 Å². The third kappa shape index (κ3) is 2.25. The second-order valence-corrected chi connectivity index (χ2v) is 4.49. The van der Waals surface area contributed by atoms with E-state index in [1.54, 1.807) is 34.9 Å². The summed E-state index contributed by atoms with van der Waals surface area (Å²) in [6.45, 7) is 0. The lowest BCUT2D eigenvalue weighted by molar-refractivity contribution is -0.136. The minimum Gasteiger partial charge on any atom is -0.481 e. The molecule has 0 aliphatic heterocycles. The topological polar surface area (TPSA) is 54.6 Å². The van der Waals surface area contributed by atoms with Gasteiger partial charge in [-0.3, -0.25) is 9.20 Å². The van der Waals surface area contributed by atoms with Crippen LogP contribution in [0.15, 0.2) is 48.8 Å². The molecule has 0 aliphatic rings. The minimum atomic E-state index is -0.883. The third-order valence-corrected chi connectivity index (χ3v) is 3.05. The molecule has 1 N–H and O–H groups in total. The lowest BCUT2D eigenvalue weighted by Crippen LogP contribution is -2.00. The Labute approximate surface area is 114 Å².